The average Bonchev–Trinajstić information content (AvgIpc) is 2.94. The van der Waals surface area contributed by atoms with Gasteiger partial charge >= 0.3 is 17.6 Å². The van der Waals surface area contributed by atoms with Crippen molar-refractivity contribution in [2.24, 2.45) is 0 Å². The lowest BCUT2D eigenvalue weighted by molar-refractivity contribution is -0.428. The number of carbonyl (C=O) groups is 1. The molecule has 2 heterocycles. The predicted octanol–water partition coefficient (Wildman–Crippen LogP) is -1.37. The molecule has 1 aromatic heterocycles. The lowest BCUT2D eigenvalue weighted by atomic mass is 10.00. The Balaban J connectivity index is 2.49. The minimum absolute atomic E-state index is 0.0199. The van der Waals surface area contributed by atoms with E-state index in [0.717, 1.165) is 19.3 Å². The zero-order valence-electron chi connectivity index (χ0n) is 17.3. The Morgan fingerprint density at radius 3 is 2.50 bits per heavy atom. The number of unbranched alkanes of at least 4 members (excludes halogenated alkanes) is 4. The number of aromatic nitrogens is 2. The minimum Gasteiger partial charge on any atom is -0.477 e. The van der Waals surface area contributed by atoms with Gasteiger partial charge in [0.15, 0.2) is 6.30 Å². The molecule has 1 fully saturated rings. The number of carboxylic acids is 1. The molecule has 1 unspecified atom stereocenters. The first kappa shape index (κ1) is 26.1. The number of aromatic carboxylic acids is 1. The number of nitrogens with zero attached hydrogens (tertiary/aromatic N) is 2. The van der Waals surface area contributed by atoms with E-state index in [1.165, 1.54) is 0 Å². The number of alkyl halides is 1. The fraction of sp³-hybridized carbons (Fsp3) is 0.722. The highest BCUT2D eigenvalue weighted by Crippen LogP contribution is 2.44. The number of carboxylic acid groups (broad SMARTS) is 1. The molecule has 7 N–H and O–H groups in total. The number of hydroxylamine groups is 2. The Morgan fingerprint density at radius 1 is 1.31 bits per heavy atom. The molecule has 1 aromatic rings. The van der Waals surface area contributed by atoms with Crippen molar-refractivity contribution in [3.05, 3.63) is 32.6 Å². The molecule has 14 heteroatoms. The summed E-state index contributed by atoms with van der Waals surface area (Å²) in [5, 5.41) is 61.0. The van der Waals surface area contributed by atoms with Gasteiger partial charge in [-0.25, -0.2) is 18.5 Å². The number of hydrogen-bond donors (Lipinski definition) is 7. The molecule has 1 saturated heterocycles. The molecule has 32 heavy (non-hydrogen) atoms. The first-order valence-electron chi connectivity index (χ1n) is 10.1. The third-order valence-electron chi connectivity index (χ3n) is 5.40. The number of aliphatic hydroxyl groups excluding tert-OH is 2. The number of rotatable bonds is 11. The number of aliphatic hydroxyl groups is 4. The zero-order valence-corrected chi connectivity index (χ0v) is 17.3. The van der Waals surface area contributed by atoms with Crippen LogP contribution in [0, 0.1) is 0 Å². The van der Waals surface area contributed by atoms with Gasteiger partial charge in [0.05, 0.1) is 6.61 Å². The van der Waals surface area contributed by atoms with E-state index in [4.69, 9.17) is 9.84 Å². The topological polar surface area (TPSA) is 206 Å². The van der Waals surface area contributed by atoms with Crippen LogP contribution in [0.4, 0.5) is 4.39 Å². The van der Waals surface area contributed by atoms with E-state index in [1.54, 1.807) is 4.98 Å². The summed E-state index contributed by atoms with van der Waals surface area (Å²) in [5.74, 6) is -5.33. The molecule has 5 atom stereocenters. The molecule has 0 radical (unpaired) electrons. The Labute approximate surface area is 180 Å². The van der Waals surface area contributed by atoms with Crippen LogP contribution >= 0.6 is 0 Å². The maximum atomic E-state index is 14.8. The van der Waals surface area contributed by atoms with Crippen molar-refractivity contribution in [3.8, 4) is 0 Å². The van der Waals surface area contributed by atoms with Crippen molar-refractivity contribution < 1.29 is 44.7 Å². The van der Waals surface area contributed by atoms with Gasteiger partial charge < -0.3 is 35.5 Å². The van der Waals surface area contributed by atoms with Gasteiger partial charge in [-0.15, -0.1) is 5.06 Å². The van der Waals surface area contributed by atoms with Crippen LogP contribution in [0.25, 0.3) is 0 Å². The highest BCUT2D eigenvalue weighted by Gasteiger charge is 2.71. The van der Waals surface area contributed by atoms with Crippen molar-refractivity contribution in [1.29, 1.82) is 0 Å². The van der Waals surface area contributed by atoms with Crippen molar-refractivity contribution in [2.75, 3.05) is 6.61 Å². The standard InChI is InChI=1S/C18H28FN3O10/c1-2-3-4-5-6-7-12(19)22(31)17(29)13(24)11(9-23)32-18(17,30)21-8-10(15(26)27)14(25)20-16(21)28/h8,11-13,23-24,29-31H,2-7,9H2,1H3,(H,26,27)(H,20,25,28)/t11-,12?,13-,17-,18-/m1/s1. The van der Waals surface area contributed by atoms with Gasteiger partial charge in [-0.2, -0.15) is 0 Å². The molecular weight excluding hydrogens is 437 g/mol. The molecule has 0 aromatic carbocycles. The molecular formula is C18H28FN3O10. The SMILES string of the molecule is CCCCCCCC(F)N(O)[C@@]1(O)[C@H](O)[C@@H](CO)O[C@@]1(O)n1cc(C(=O)O)c(=O)[nH]c1=O. The summed E-state index contributed by atoms with van der Waals surface area (Å²) in [7, 11) is 0. The van der Waals surface area contributed by atoms with Gasteiger partial charge in [-0.3, -0.25) is 9.78 Å². The quantitative estimate of drug-likeness (QED) is 0.0878. The molecule has 0 spiro atoms. The fourth-order valence-corrected chi connectivity index (χ4v) is 3.57. The van der Waals surface area contributed by atoms with Crippen LogP contribution in [-0.4, -0.2) is 82.2 Å². The lowest BCUT2D eigenvalue weighted by Crippen LogP contribution is -2.70. The van der Waals surface area contributed by atoms with E-state index in [9.17, 15) is 44.4 Å². The molecule has 0 amide bonds. The second kappa shape index (κ2) is 10.2. The summed E-state index contributed by atoms with van der Waals surface area (Å²) in [5.41, 5.74) is -7.40. The first-order valence-corrected chi connectivity index (χ1v) is 10.1. The number of halogens is 1. The largest absolute Gasteiger partial charge is 0.477 e. The van der Waals surface area contributed by atoms with Crippen molar-refractivity contribution >= 4 is 5.97 Å². The van der Waals surface area contributed by atoms with Gasteiger partial charge in [0.25, 0.3) is 5.56 Å². The number of ether oxygens (including phenoxy) is 1. The second-order valence-corrected chi connectivity index (χ2v) is 7.58. The normalized spacial score (nSPS) is 28.9. The van der Waals surface area contributed by atoms with E-state index in [1.807, 2.05) is 6.92 Å². The predicted molar refractivity (Wildman–Crippen MR) is 103 cm³/mol. The van der Waals surface area contributed by atoms with Gasteiger partial charge in [-0.1, -0.05) is 32.6 Å². The summed E-state index contributed by atoms with van der Waals surface area (Å²) in [6.45, 7) is 0.939. The summed E-state index contributed by atoms with van der Waals surface area (Å²) >= 11 is 0. The number of H-pyrrole nitrogens is 1. The van der Waals surface area contributed by atoms with Crippen LogP contribution in [0.15, 0.2) is 15.8 Å². The zero-order chi connectivity index (χ0) is 24.3. The van der Waals surface area contributed by atoms with Crippen molar-refractivity contribution in [1.82, 2.24) is 14.6 Å². The van der Waals surface area contributed by atoms with Crippen molar-refractivity contribution in [3.63, 3.8) is 0 Å². The molecule has 1 aliphatic rings. The second-order valence-electron chi connectivity index (χ2n) is 7.58. The lowest BCUT2D eigenvalue weighted by Gasteiger charge is -2.43. The highest BCUT2D eigenvalue weighted by molar-refractivity contribution is 5.86. The van der Waals surface area contributed by atoms with Gasteiger partial charge in [-0.05, 0) is 12.8 Å². The maximum Gasteiger partial charge on any atom is 0.342 e. The molecule has 2 rings (SSSR count). The highest BCUT2D eigenvalue weighted by atomic mass is 19.1. The number of aromatic amines is 1. The summed E-state index contributed by atoms with van der Waals surface area (Å²) < 4.78 is 19.7. The smallest absolute Gasteiger partial charge is 0.342 e. The molecule has 0 saturated carbocycles. The first-order chi connectivity index (χ1) is 14.9. The van der Waals surface area contributed by atoms with Crippen LogP contribution in [-0.2, 0) is 10.6 Å². The molecule has 13 nitrogen and oxygen atoms in total. The summed E-state index contributed by atoms with van der Waals surface area (Å²) in [6.07, 6.45) is -3.07. The number of nitrogens with one attached hydrogen (secondary N) is 1. The maximum absolute atomic E-state index is 14.8. The Morgan fingerprint density at radius 2 is 1.94 bits per heavy atom. The van der Waals surface area contributed by atoms with Crippen LogP contribution in [0.1, 0.15) is 55.8 Å². The van der Waals surface area contributed by atoms with E-state index >= 15 is 0 Å². The Kier molecular flexibility index (Phi) is 8.27. The van der Waals surface area contributed by atoms with Crippen LogP contribution < -0.4 is 11.2 Å². The molecule has 0 bridgehead atoms. The number of hydrogen-bond acceptors (Lipinski definition) is 10. The van der Waals surface area contributed by atoms with Gasteiger partial charge in [0.2, 0.25) is 5.72 Å². The third kappa shape index (κ3) is 4.47. The van der Waals surface area contributed by atoms with E-state index in [0.29, 0.717) is 12.6 Å². The Hall–Kier alpha value is -2.20. The fourth-order valence-electron chi connectivity index (χ4n) is 3.57. The van der Waals surface area contributed by atoms with E-state index < -0.39 is 64.6 Å². The summed E-state index contributed by atoms with van der Waals surface area (Å²) in [6, 6.07) is 0. The molecule has 1 aliphatic heterocycles. The van der Waals surface area contributed by atoms with Gasteiger partial charge in [0.1, 0.15) is 17.8 Å². The van der Waals surface area contributed by atoms with E-state index in [-0.39, 0.29) is 17.4 Å². The third-order valence-corrected chi connectivity index (χ3v) is 5.40. The average molecular weight is 465 g/mol. The Bertz CT molecular complexity index is 923. The minimum atomic E-state index is -3.51. The van der Waals surface area contributed by atoms with Crippen LogP contribution in [0.3, 0.4) is 0 Å². The summed E-state index contributed by atoms with van der Waals surface area (Å²) in [4.78, 5) is 36.8. The van der Waals surface area contributed by atoms with E-state index in [2.05, 4.69) is 0 Å². The molecule has 182 valence electrons. The van der Waals surface area contributed by atoms with Gasteiger partial charge in [0, 0.05) is 6.20 Å². The van der Waals surface area contributed by atoms with Crippen LogP contribution in [0.2, 0.25) is 0 Å². The monoisotopic (exact) mass is 465 g/mol. The van der Waals surface area contributed by atoms with Crippen LogP contribution in [0.5, 0.6) is 0 Å². The molecule has 0 aliphatic carbocycles. The van der Waals surface area contributed by atoms with Crippen molar-refractivity contribution in [2.45, 2.75) is 75.6 Å².